The van der Waals surface area contributed by atoms with Gasteiger partial charge in [0.2, 0.25) is 5.91 Å². The van der Waals surface area contributed by atoms with Gasteiger partial charge in [-0.25, -0.2) is 0 Å². The van der Waals surface area contributed by atoms with Crippen LogP contribution in [0.2, 0.25) is 0 Å². The minimum Gasteiger partial charge on any atom is -0.433 e. The first-order valence-corrected chi connectivity index (χ1v) is 12.0. The number of aryl methyl sites for hydroxylation is 1. The number of carbonyl (C=O) groups excluding carboxylic acids is 1. The molecule has 0 aliphatic heterocycles. The summed E-state index contributed by atoms with van der Waals surface area (Å²) in [6.07, 6.45) is 1.89. The van der Waals surface area contributed by atoms with E-state index in [2.05, 4.69) is 25.2 Å². The largest absolute Gasteiger partial charge is 0.433 e. The molecule has 182 valence electrons. The lowest BCUT2D eigenvalue weighted by molar-refractivity contribution is -0.113. The van der Waals surface area contributed by atoms with Gasteiger partial charge in [-0.05, 0) is 36.8 Å². The maximum Gasteiger partial charge on any atom is 0.387 e. The molecule has 3 aromatic carbocycles. The van der Waals surface area contributed by atoms with Crippen molar-refractivity contribution in [1.82, 2.24) is 19.7 Å². The third kappa shape index (κ3) is 4.80. The van der Waals surface area contributed by atoms with Gasteiger partial charge in [0, 0.05) is 22.7 Å². The fraction of sp³-hybridized carbons (Fsp3) is 0.115. The van der Waals surface area contributed by atoms with E-state index in [0.29, 0.717) is 11.0 Å². The Labute approximate surface area is 209 Å². The van der Waals surface area contributed by atoms with Crippen molar-refractivity contribution < 1.29 is 18.3 Å². The molecule has 1 amide bonds. The first-order chi connectivity index (χ1) is 17.5. The summed E-state index contributed by atoms with van der Waals surface area (Å²) < 4.78 is 31.8. The summed E-state index contributed by atoms with van der Waals surface area (Å²) in [5.41, 5.74) is 3.94. The number of aromatic amines is 1. The number of hydrogen-bond donors (Lipinski definition) is 2. The van der Waals surface area contributed by atoms with Gasteiger partial charge in [-0.1, -0.05) is 60.3 Å². The monoisotopic (exact) mass is 505 g/mol. The van der Waals surface area contributed by atoms with E-state index in [1.54, 1.807) is 12.1 Å². The quantitative estimate of drug-likeness (QED) is 0.251. The lowest BCUT2D eigenvalue weighted by Gasteiger charge is -2.13. The summed E-state index contributed by atoms with van der Waals surface area (Å²) in [6, 6.07) is 21.8. The third-order valence-electron chi connectivity index (χ3n) is 5.53. The Kier molecular flexibility index (Phi) is 6.68. The lowest BCUT2D eigenvalue weighted by atomic mass is 10.1. The maximum atomic E-state index is 12.7. The van der Waals surface area contributed by atoms with Gasteiger partial charge in [0.05, 0.1) is 17.1 Å². The molecule has 36 heavy (non-hydrogen) atoms. The zero-order valence-electron chi connectivity index (χ0n) is 19.1. The second-order valence-electron chi connectivity index (χ2n) is 7.89. The number of hydrogen-bond acceptors (Lipinski definition) is 5. The van der Waals surface area contributed by atoms with Crippen molar-refractivity contribution in [2.75, 3.05) is 11.1 Å². The average molecular weight is 506 g/mol. The number of alkyl halides is 2. The Morgan fingerprint density at radius 2 is 1.81 bits per heavy atom. The summed E-state index contributed by atoms with van der Waals surface area (Å²) in [7, 11) is 0. The van der Waals surface area contributed by atoms with Crippen LogP contribution in [0.15, 0.2) is 84.1 Å². The summed E-state index contributed by atoms with van der Waals surface area (Å²) in [6.45, 7) is -0.997. The van der Waals surface area contributed by atoms with Gasteiger partial charge in [-0.3, -0.25) is 9.36 Å². The highest BCUT2D eigenvalue weighted by atomic mass is 32.2. The predicted molar refractivity (Wildman–Crippen MR) is 136 cm³/mol. The summed E-state index contributed by atoms with van der Waals surface area (Å²) in [5.74, 6) is 0.134. The first-order valence-electron chi connectivity index (χ1n) is 11.1. The number of halogens is 2. The molecular weight excluding hydrogens is 484 g/mol. The van der Waals surface area contributed by atoms with Crippen molar-refractivity contribution in [3.8, 4) is 22.8 Å². The van der Waals surface area contributed by atoms with E-state index in [1.807, 2.05) is 66.2 Å². The van der Waals surface area contributed by atoms with Crippen molar-refractivity contribution in [3.05, 3.63) is 84.6 Å². The van der Waals surface area contributed by atoms with Gasteiger partial charge in [-0.2, -0.15) is 8.78 Å². The molecule has 5 rings (SSSR count). The SMILES string of the molecule is Cc1ccccc1-n1c(SCC(=O)Nc2ccccc2OC(F)F)nnc1-c1c[nH]c2ccccc12. The minimum atomic E-state index is -2.99. The van der Waals surface area contributed by atoms with Crippen molar-refractivity contribution in [1.29, 1.82) is 0 Å². The van der Waals surface area contributed by atoms with Crippen LogP contribution in [-0.4, -0.2) is 38.0 Å². The molecular formula is C26H21F2N5O2S. The molecule has 7 nitrogen and oxygen atoms in total. The summed E-state index contributed by atoms with van der Waals surface area (Å²) in [4.78, 5) is 16.0. The number of ether oxygens (including phenoxy) is 1. The van der Waals surface area contributed by atoms with Crippen LogP contribution in [0, 0.1) is 6.92 Å². The molecule has 0 saturated heterocycles. The van der Waals surface area contributed by atoms with E-state index in [9.17, 15) is 13.6 Å². The van der Waals surface area contributed by atoms with E-state index < -0.39 is 12.5 Å². The zero-order chi connectivity index (χ0) is 25.1. The number of rotatable bonds is 8. The molecule has 0 spiro atoms. The van der Waals surface area contributed by atoms with E-state index in [4.69, 9.17) is 0 Å². The van der Waals surface area contributed by atoms with Crippen LogP contribution in [-0.2, 0) is 4.79 Å². The average Bonchev–Trinajstić information content (AvgIpc) is 3.48. The predicted octanol–water partition coefficient (Wildman–Crippen LogP) is 6.06. The number of anilines is 1. The van der Waals surface area contributed by atoms with Crippen LogP contribution in [0.5, 0.6) is 5.75 Å². The highest BCUT2D eigenvalue weighted by Gasteiger charge is 2.21. The number of thioether (sulfide) groups is 1. The number of nitrogens with zero attached hydrogens (tertiary/aromatic N) is 3. The molecule has 10 heteroatoms. The number of benzene rings is 3. The highest BCUT2D eigenvalue weighted by molar-refractivity contribution is 7.99. The highest BCUT2D eigenvalue weighted by Crippen LogP contribution is 2.33. The number of carbonyl (C=O) groups is 1. The van der Waals surface area contributed by atoms with Crippen molar-refractivity contribution in [3.63, 3.8) is 0 Å². The van der Waals surface area contributed by atoms with Crippen LogP contribution < -0.4 is 10.1 Å². The molecule has 2 aromatic heterocycles. The van der Waals surface area contributed by atoms with E-state index in [-0.39, 0.29) is 17.2 Å². The standard InChI is InChI=1S/C26H21F2N5O2S/c1-16-8-2-6-12-21(16)33-24(18-14-29-19-10-4-3-9-17(18)19)31-32-26(33)36-15-23(34)30-20-11-5-7-13-22(20)35-25(27)28/h2-14,25,29H,15H2,1H3,(H,30,34). The topological polar surface area (TPSA) is 84.8 Å². The second kappa shape index (κ2) is 10.2. The molecule has 0 radical (unpaired) electrons. The number of fused-ring (bicyclic) bond motifs is 1. The smallest absolute Gasteiger partial charge is 0.387 e. The zero-order valence-corrected chi connectivity index (χ0v) is 19.9. The Bertz CT molecular complexity index is 1530. The van der Waals surface area contributed by atoms with Crippen molar-refractivity contribution in [2.24, 2.45) is 0 Å². The van der Waals surface area contributed by atoms with Gasteiger partial charge in [-0.15, -0.1) is 10.2 Å². The van der Waals surface area contributed by atoms with Gasteiger partial charge in [0.1, 0.15) is 5.75 Å². The molecule has 0 aliphatic carbocycles. The second-order valence-corrected chi connectivity index (χ2v) is 8.83. The van der Waals surface area contributed by atoms with E-state index in [1.165, 1.54) is 23.9 Å². The fourth-order valence-electron chi connectivity index (χ4n) is 3.91. The third-order valence-corrected chi connectivity index (χ3v) is 6.46. The van der Waals surface area contributed by atoms with Crippen LogP contribution in [0.25, 0.3) is 28.0 Å². The van der Waals surface area contributed by atoms with Gasteiger partial charge >= 0.3 is 6.61 Å². The summed E-state index contributed by atoms with van der Waals surface area (Å²) in [5, 5.41) is 13.0. The molecule has 0 atom stereocenters. The number of aromatic nitrogens is 4. The Morgan fingerprint density at radius 3 is 2.64 bits per heavy atom. The molecule has 0 bridgehead atoms. The number of H-pyrrole nitrogens is 1. The van der Waals surface area contributed by atoms with Gasteiger partial charge in [0.15, 0.2) is 11.0 Å². The van der Waals surface area contributed by atoms with Crippen LogP contribution >= 0.6 is 11.8 Å². The minimum absolute atomic E-state index is 0.0130. The normalized spacial score (nSPS) is 11.2. The van der Waals surface area contributed by atoms with E-state index >= 15 is 0 Å². The number of nitrogens with one attached hydrogen (secondary N) is 2. The lowest BCUT2D eigenvalue weighted by Crippen LogP contribution is -2.16. The molecule has 5 aromatic rings. The maximum absolute atomic E-state index is 12.7. The van der Waals surface area contributed by atoms with Crippen molar-refractivity contribution >= 4 is 34.3 Å². The van der Waals surface area contributed by atoms with Gasteiger partial charge < -0.3 is 15.0 Å². The first kappa shape index (κ1) is 23.6. The molecule has 0 saturated carbocycles. The van der Waals surface area contributed by atoms with Crippen molar-refractivity contribution in [2.45, 2.75) is 18.7 Å². The van der Waals surface area contributed by atoms with E-state index in [0.717, 1.165) is 27.7 Å². The Morgan fingerprint density at radius 1 is 1.06 bits per heavy atom. The number of para-hydroxylation sites is 4. The molecule has 0 aliphatic rings. The van der Waals surface area contributed by atoms with Crippen LogP contribution in [0.4, 0.5) is 14.5 Å². The molecule has 2 N–H and O–H groups in total. The molecule has 2 heterocycles. The molecule has 0 fully saturated rings. The Balaban J connectivity index is 1.45. The van der Waals surface area contributed by atoms with Crippen LogP contribution in [0.3, 0.4) is 0 Å². The number of amides is 1. The van der Waals surface area contributed by atoms with Crippen LogP contribution in [0.1, 0.15) is 5.56 Å². The van der Waals surface area contributed by atoms with Gasteiger partial charge in [0.25, 0.3) is 0 Å². The summed E-state index contributed by atoms with van der Waals surface area (Å²) >= 11 is 1.20. The Hall–Kier alpha value is -4.18. The fourth-order valence-corrected chi connectivity index (χ4v) is 4.66. The molecule has 0 unspecified atom stereocenters.